The van der Waals surface area contributed by atoms with Gasteiger partial charge in [-0.25, -0.2) is 4.98 Å². The molecule has 0 fully saturated rings. The highest BCUT2D eigenvalue weighted by Gasteiger charge is 2.19. The minimum atomic E-state index is 0.795. The molecule has 5 heterocycles. The third kappa shape index (κ3) is 4.82. The van der Waals surface area contributed by atoms with E-state index in [-0.39, 0.29) is 0 Å². The topological polar surface area (TPSA) is 53.7 Å². The highest BCUT2D eigenvalue weighted by atomic mass is 16.3. The average Bonchev–Trinajstić information content (AvgIpc) is 4.07. The Morgan fingerprint density at radius 3 is 1.78 bits per heavy atom. The van der Waals surface area contributed by atoms with Crippen LogP contribution < -0.4 is 0 Å². The Bertz CT molecular complexity index is 3830. The molecule has 0 N–H and O–H groups in total. The number of furan rings is 1. The first-order chi connectivity index (χ1) is 29.7. The first kappa shape index (κ1) is 32.8. The number of hydrogen-bond donors (Lipinski definition) is 0. The van der Waals surface area contributed by atoms with Crippen molar-refractivity contribution in [3.8, 4) is 39.6 Å². The maximum atomic E-state index is 6.15. The van der Waals surface area contributed by atoms with Gasteiger partial charge in [0.1, 0.15) is 16.9 Å². The Hall–Kier alpha value is -8.22. The van der Waals surface area contributed by atoms with Gasteiger partial charge in [-0.15, -0.1) is 0 Å². The number of nitrogens with zero attached hydrogens (tertiary/aromatic N) is 5. The van der Waals surface area contributed by atoms with Crippen LogP contribution in [-0.2, 0) is 0 Å². The predicted molar refractivity (Wildman–Crippen MR) is 246 cm³/mol. The summed E-state index contributed by atoms with van der Waals surface area (Å²) < 4.78 is 13.2. The van der Waals surface area contributed by atoms with Crippen LogP contribution in [0.25, 0.3) is 116 Å². The summed E-state index contributed by atoms with van der Waals surface area (Å²) in [5, 5.41) is 5.87. The van der Waals surface area contributed by atoms with Crippen LogP contribution in [0.5, 0.6) is 0 Å². The summed E-state index contributed by atoms with van der Waals surface area (Å²) >= 11 is 0. The lowest BCUT2D eigenvalue weighted by Crippen LogP contribution is -1.99. The van der Waals surface area contributed by atoms with Crippen molar-refractivity contribution >= 4 is 76.7 Å². The summed E-state index contributed by atoms with van der Waals surface area (Å²) in [4.78, 5) is 9.73. The van der Waals surface area contributed by atoms with Gasteiger partial charge in [-0.05, 0) is 108 Å². The lowest BCUT2D eigenvalue weighted by Gasteiger charge is -2.13. The lowest BCUT2D eigenvalue weighted by atomic mass is 10.0. The fraction of sp³-hybridized carbons (Fsp3) is 0. The third-order valence-electron chi connectivity index (χ3n) is 12.1. The van der Waals surface area contributed by atoms with Crippen LogP contribution in [0.15, 0.2) is 205 Å². The third-order valence-corrected chi connectivity index (χ3v) is 12.1. The van der Waals surface area contributed by atoms with Crippen molar-refractivity contribution in [3.63, 3.8) is 0 Å². The van der Waals surface area contributed by atoms with Gasteiger partial charge in [0.25, 0.3) is 0 Å². The molecule has 6 nitrogen and oxygen atoms in total. The molecule has 8 aromatic carbocycles. The molecule has 0 bridgehead atoms. The minimum absolute atomic E-state index is 0.795. The summed E-state index contributed by atoms with van der Waals surface area (Å²) in [6.45, 7) is 0. The zero-order valence-electron chi connectivity index (χ0n) is 32.2. The average molecular weight is 768 g/mol. The maximum Gasteiger partial charge on any atom is 0.153 e. The Labute approximate surface area is 343 Å². The molecule has 6 heteroatoms. The number of fused-ring (bicyclic) bond motifs is 10. The molecular formula is C54H33N5O. The van der Waals surface area contributed by atoms with Gasteiger partial charge < -0.3 is 13.6 Å². The Morgan fingerprint density at radius 1 is 0.350 bits per heavy atom. The van der Waals surface area contributed by atoms with Gasteiger partial charge >= 0.3 is 0 Å². The molecule has 13 rings (SSSR count). The van der Waals surface area contributed by atoms with Crippen molar-refractivity contribution in [1.29, 1.82) is 0 Å². The fourth-order valence-corrected chi connectivity index (χ4v) is 9.40. The van der Waals surface area contributed by atoms with E-state index in [0.717, 1.165) is 83.7 Å². The van der Waals surface area contributed by atoms with Crippen molar-refractivity contribution in [2.24, 2.45) is 0 Å². The van der Waals surface area contributed by atoms with Gasteiger partial charge in [-0.1, -0.05) is 97.1 Å². The van der Waals surface area contributed by atoms with Gasteiger partial charge in [0.2, 0.25) is 0 Å². The molecule has 0 unspecified atom stereocenters. The summed E-state index contributed by atoms with van der Waals surface area (Å²) in [5.41, 5.74) is 15.9. The monoisotopic (exact) mass is 767 g/mol. The molecule has 0 aliphatic carbocycles. The zero-order chi connectivity index (χ0) is 39.3. The largest absolute Gasteiger partial charge is 0.454 e. The molecule has 5 aromatic heterocycles. The van der Waals surface area contributed by atoms with Crippen LogP contribution in [-0.4, -0.2) is 23.7 Å². The Kier molecular flexibility index (Phi) is 6.91. The summed E-state index contributed by atoms with van der Waals surface area (Å²) in [6.07, 6.45) is 1.83. The second-order valence-corrected chi connectivity index (χ2v) is 15.4. The van der Waals surface area contributed by atoms with E-state index in [9.17, 15) is 0 Å². The molecule has 0 amide bonds. The highest BCUT2D eigenvalue weighted by molar-refractivity contribution is 6.13. The van der Waals surface area contributed by atoms with E-state index in [0.29, 0.717) is 0 Å². The number of pyridine rings is 1. The Morgan fingerprint density at radius 2 is 0.967 bits per heavy atom. The Balaban J connectivity index is 0.944. The van der Waals surface area contributed by atoms with Gasteiger partial charge in [-0.2, -0.15) is 0 Å². The second-order valence-electron chi connectivity index (χ2n) is 15.4. The van der Waals surface area contributed by atoms with Gasteiger partial charge in [0.05, 0.1) is 33.1 Å². The summed E-state index contributed by atoms with van der Waals surface area (Å²) in [5.74, 6) is 0.928. The molecular weight excluding hydrogens is 735 g/mol. The van der Waals surface area contributed by atoms with Gasteiger partial charge in [0, 0.05) is 55.8 Å². The van der Waals surface area contributed by atoms with E-state index in [4.69, 9.17) is 9.40 Å². The predicted octanol–water partition coefficient (Wildman–Crippen LogP) is 13.8. The van der Waals surface area contributed by atoms with Crippen LogP contribution in [0, 0.1) is 0 Å². The van der Waals surface area contributed by atoms with Crippen LogP contribution in [0.2, 0.25) is 0 Å². The number of hydrogen-bond acceptors (Lipinski definition) is 3. The molecule has 0 aliphatic heterocycles. The van der Waals surface area contributed by atoms with Crippen molar-refractivity contribution in [3.05, 3.63) is 200 Å². The van der Waals surface area contributed by atoms with E-state index in [1.54, 1.807) is 0 Å². The van der Waals surface area contributed by atoms with Crippen molar-refractivity contribution in [2.75, 3.05) is 0 Å². The maximum absolute atomic E-state index is 6.15. The standard InChI is InChI=1S/C54H33N5O/c1-2-11-34(12-3-1)54-56-45-15-6-9-18-49(45)59(54)38-24-22-37(23-25-38)57-47-17-8-5-14-41(47)43-31-35(21-28-48(43)57)36-20-27-42-40-13-4-7-16-46(40)58(50(42)32-36)39-26-29-51-44(33-39)53-52(60-51)19-10-30-55-53/h1-33H. The number of imidazole rings is 1. The number of para-hydroxylation sites is 4. The van der Waals surface area contributed by atoms with Crippen molar-refractivity contribution < 1.29 is 4.42 Å². The fourth-order valence-electron chi connectivity index (χ4n) is 9.40. The first-order valence-corrected chi connectivity index (χ1v) is 20.2. The van der Waals surface area contributed by atoms with Crippen molar-refractivity contribution in [2.45, 2.75) is 0 Å². The van der Waals surface area contributed by atoms with E-state index in [1.165, 1.54) is 32.6 Å². The smallest absolute Gasteiger partial charge is 0.153 e. The van der Waals surface area contributed by atoms with Gasteiger partial charge in [0.15, 0.2) is 5.58 Å². The molecule has 0 aliphatic rings. The van der Waals surface area contributed by atoms with E-state index in [2.05, 4.69) is 189 Å². The van der Waals surface area contributed by atoms with E-state index in [1.807, 2.05) is 30.5 Å². The van der Waals surface area contributed by atoms with E-state index < -0.39 is 0 Å². The normalized spacial score (nSPS) is 12.0. The molecule has 0 saturated carbocycles. The number of aromatic nitrogens is 5. The number of rotatable bonds is 5. The van der Waals surface area contributed by atoms with Crippen LogP contribution in [0.4, 0.5) is 0 Å². The quantitative estimate of drug-likeness (QED) is 0.175. The first-order valence-electron chi connectivity index (χ1n) is 20.2. The highest BCUT2D eigenvalue weighted by Crippen LogP contribution is 2.40. The molecule has 0 atom stereocenters. The molecule has 0 spiro atoms. The van der Waals surface area contributed by atoms with E-state index >= 15 is 0 Å². The minimum Gasteiger partial charge on any atom is -0.454 e. The van der Waals surface area contributed by atoms with Crippen molar-refractivity contribution in [1.82, 2.24) is 23.7 Å². The molecule has 0 radical (unpaired) electrons. The zero-order valence-corrected chi connectivity index (χ0v) is 32.2. The van der Waals surface area contributed by atoms with Crippen LogP contribution in [0.3, 0.4) is 0 Å². The molecule has 280 valence electrons. The SMILES string of the molecule is c1ccc(-c2nc3ccccc3n2-c2ccc(-n3c4ccccc4c4cc(-c5ccc6c7ccccc7n(-c7ccc8oc9cccnc9c8c7)c6c5)ccc43)cc2)cc1. The summed E-state index contributed by atoms with van der Waals surface area (Å²) in [6, 6.07) is 69.1. The molecule has 60 heavy (non-hydrogen) atoms. The number of benzene rings is 8. The van der Waals surface area contributed by atoms with Crippen LogP contribution in [0.1, 0.15) is 0 Å². The lowest BCUT2D eigenvalue weighted by molar-refractivity contribution is 0.668. The van der Waals surface area contributed by atoms with Gasteiger partial charge in [-0.3, -0.25) is 9.55 Å². The molecule has 13 aromatic rings. The summed E-state index contributed by atoms with van der Waals surface area (Å²) in [7, 11) is 0. The molecule has 0 saturated heterocycles. The van der Waals surface area contributed by atoms with Crippen LogP contribution >= 0.6 is 0 Å². The second kappa shape index (κ2) is 12.6.